The quantitative estimate of drug-likeness (QED) is 0.646. The molecule has 5 rings (SSSR count). The summed E-state index contributed by atoms with van der Waals surface area (Å²) in [5, 5.41) is 9.52. The van der Waals surface area contributed by atoms with E-state index in [1.807, 2.05) is 0 Å². The molecule has 2 atom stereocenters. The van der Waals surface area contributed by atoms with Crippen molar-refractivity contribution >= 4 is 41.0 Å². The summed E-state index contributed by atoms with van der Waals surface area (Å²) in [5.74, 6) is 0.466. The summed E-state index contributed by atoms with van der Waals surface area (Å²) in [6.45, 7) is 3.79. The van der Waals surface area contributed by atoms with Gasteiger partial charge in [0.15, 0.2) is 10.9 Å². The van der Waals surface area contributed by atoms with Crippen molar-refractivity contribution < 1.29 is 24.2 Å². The maximum atomic E-state index is 13.6. The molecule has 0 bridgehead atoms. The molecule has 9 nitrogen and oxygen atoms in total. The summed E-state index contributed by atoms with van der Waals surface area (Å²) in [4.78, 5) is 34.5. The Morgan fingerprint density at radius 3 is 2.80 bits per heavy atom. The molecule has 1 aromatic heterocycles. The number of carbonyl (C=O) groups excluding carboxylic acids is 1. The average molecular weight is 457 g/mol. The van der Waals surface area contributed by atoms with Crippen LogP contribution in [0.1, 0.15) is 23.2 Å². The number of fused-ring (bicyclic) bond motifs is 2. The molecule has 5 heterocycles. The second-order valence-corrected chi connectivity index (χ2v) is 9.15. The molecule has 162 valence electrons. The van der Waals surface area contributed by atoms with Crippen molar-refractivity contribution in [1.29, 1.82) is 0 Å². The van der Waals surface area contributed by atoms with Crippen LogP contribution in [0.5, 0.6) is 5.75 Å². The van der Waals surface area contributed by atoms with E-state index in [-0.39, 0.29) is 53.5 Å². The Balaban J connectivity index is 1.52. The maximum Gasteiger partial charge on any atom is 0.407 e. The number of anilines is 1. The number of carbonyl (C=O) groups is 2. The van der Waals surface area contributed by atoms with E-state index in [9.17, 15) is 14.7 Å². The van der Waals surface area contributed by atoms with Gasteiger partial charge in [0.1, 0.15) is 23.0 Å². The standard InChI is InChI=1S/C19H22Cl2N4O5/c20-13-14-12(17(26)25-5-4-23(18(27)28)7-11(25)8-30-14)16(22-15(13)21)24-3-1-19(9-24)2-6-29-10-19/h11H,1-10H2,(H,27,28)/t11-,19?/m1/s1. The Morgan fingerprint density at radius 1 is 1.23 bits per heavy atom. The molecule has 11 heteroatoms. The first-order chi connectivity index (χ1) is 14.4. The van der Waals surface area contributed by atoms with Gasteiger partial charge in [0.05, 0.1) is 12.6 Å². The van der Waals surface area contributed by atoms with E-state index >= 15 is 0 Å². The molecule has 30 heavy (non-hydrogen) atoms. The number of carboxylic acid groups (broad SMARTS) is 1. The summed E-state index contributed by atoms with van der Waals surface area (Å²) in [6.07, 6.45) is 0.934. The van der Waals surface area contributed by atoms with Gasteiger partial charge in [-0.3, -0.25) is 4.79 Å². The van der Waals surface area contributed by atoms with Crippen LogP contribution in [0.25, 0.3) is 0 Å². The molecule has 4 aliphatic heterocycles. The number of amides is 2. The van der Waals surface area contributed by atoms with Gasteiger partial charge in [0, 0.05) is 44.7 Å². The topological polar surface area (TPSA) is 95.4 Å². The van der Waals surface area contributed by atoms with Gasteiger partial charge in [-0.1, -0.05) is 23.2 Å². The second-order valence-electron chi connectivity index (χ2n) is 8.41. The van der Waals surface area contributed by atoms with Crippen LogP contribution in [0.3, 0.4) is 0 Å². The zero-order valence-electron chi connectivity index (χ0n) is 16.3. The highest BCUT2D eigenvalue weighted by Gasteiger charge is 2.45. The van der Waals surface area contributed by atoms with E-state index in [1.165, 1.54) is 4.90 Å². The minimum atomic E-state index is -1.01. The van der Waals surface area contributed by atoms with Crippen molar-refractivity contribution in [3.8, 4) is 5.75 Å². The molecule has 1 unspecified atom stereocenters. The Labute approximate surface area is 183 Å². The third-order valence-corrected chi connectivity index (χ3v) is 7.33. The van der Waals surface area contributed by atoms with Crippen molar-refractivity contribution in [3.63, 3.8) is 0 Å². The summed E-state index contributed by atoms with van der Waals surface area (Å²) in [7, 11) is 0. The zero-order valence-corrected chi connectivity index (χ0v) is 17.8. The van der Waals surface area contributed by atoms with Crippen molar-refractivity contribution in [2.45, 2.75) is 18.9 Å². The fourth-order valence-corrected chi connectivity index (χ4v) is 5.27. The molecule has 2 amide bonds. The number of aromatic nitrogens is 1. The molecule has 3 fully saturated rings. The molecule has 3 saturated heterocycles. The van der Waals surface area contributed by atoms with Gasteiger partial charge in [0.2, 0.25) is 0 Å². The lowest BCUT2D eigenvalue weighted by atomic mass is 9.87. The molecule has 0 radical (unpaired) electrons. The lowest BCUT2D eigenvalue weighted by Crippen LogP contribution is -2.57. The number of rotatable bonds is 1. The van der Waals surface area contributed by atoms with Crippen LogP contribution in [0.2, 0.25) is 10.2 Å². The van der Waals surface area contributed by atoms with Crippen LogP contribution in [-0.2, 0) is 4.74 Å². The number of hydrogen-bond acceptors (Lipinski definition) is 6. The predicted molar refractivity (Wildman–Crippen MR) is 109 cm³/mol. The first kappa shape index (κ1) is 20.0. The van der Waals surface area contributed by atoms with Gasteiger partial charge in [0.25, 0.3) is 5.91 Å². The van der Waals surface area contributed by atoms with E-state index < -0.39 is 12.1 Å². The van der Waals surface area contributed by atoms with Crippen molar-refractivity contribution in [2.75, 3.05) is 57.4 Å². The number of ether oxygens (including phenoxy) is 2. The first-order valence-electron chi connectivity index (χ1n) is 10.0. The fraction of sp³-hybridized carbons (Fsp3) is 0.632. The van der Waals surface area contributed by atoms with E-state index in [4.69, 9.17) is 32.7 Å². The minimum absolute atomic E-state index is 0.0744. The summed E-state index contributed by atoms with van der Waals surface area (Å²) in [6, 6.07) is -0.398. The van der Waals surface area contributed by atoms with Gasteiger partial charge in [-0.05, 0) is 12.8 Å². The van der Waals surface area contributed by atoms with Gasteiger partial charge >= 0.3 is 6.09 Å². The predicted octanol–water partition coefficient (Wildman–Crippen LogP) is 2.20. The maximum absolute atomic E-state index is 13.6. The van der Waals surface area contributed by atoms with E-state index in [1.54, 1.807) is 4.90 Å². The van der Waals surface area contributed by atoms with E-state index in [0.29, 0.717) is 18.0 Å². The number of halogens is 2. The molecular weight excluding hydrogens is 435 g/mol. The van der Waals surface area contributed by atoms with Crippen LogP contribution >= 0.6 is 23.2 Å². The van der Waals surface area contributed by atoms with Crippen LogP contribution < -0.4 is 9.64 Å². The largest absolute Gasteiger partial charge is 0.489 e. The normalized spacial score (nSPS) is 28.4. The number of hydrogen-bond donors (Lipinski definition) is 1. The minimum Gasteiger partial charge on any atom is -0.489 e. The lowest BCUT2D eigenvalue weighted by Gasteiger charge is -2.38. The number of pyridine rings is 1. The monoisotopic (exact) mass is 456 g/mol. The Morgan fingerprint density at radius 2 is 2.07 bits per heavy atom. The fourth-order valence-electron chi connectivity index (χ4n) is 4.91. The van der Waals surface area contributed by atoms with Gasteiger partial charge < -0.3 is 29.3 Å². The van der Waals surface area contributed by atoms with Crippen LogP contribution in [0, 0.1) is 5.41 Å². The number of piperazine rings is 1. The molecule has 0 aromatic carbocycles. The van der Waals surface area contributed by atoms with Crippen molar-refractivity contribution in [1.82, 2.24) is 14.8 Å². The van der Waals surface area contributed by atoms with Crippen LogP contribution in [-0.4, -0.2) is 90.5 Å². The van der Waals surface area contributed by atoms with Gasteiger partial charge in [-0.25, -0.2) is 9.78 Å². The summed E-state index contributed by atoms with van der Waals surface area (Å²) >= 11 is 12.7. The Hall–Kier alpha value is -1.97. The molecule has 4 aliphatic rings. The first-order valence-corrected chi connectivity index (χ1v) is 10.8. The SMILES string of the molecule is O=C(O)N1CCN2C(=O)c3c(N4CCC5(CCOC5)C4)nc(Cl)c(Cl)c3OC[C@H]2C1. The highest BCUT2D eigenvalue weighted by Crippen LogP contribution is 2.45. The average Bonchev–Trinajstić information content (AvgIpc) is 3.34. The highest BCUT2D eigenvalue weighted by atomic mass is 35.5. The van der Waals surface area contributed by atoms with Crippen LogP contribution in [0.4, 0.5) is 10.6 Å². The van der Waals surface area contributed by atoms with Crippen LogP contribution in [0.15, 0.2) is 0 Å². The molecule has 1 spiro atoms. The second kappa shape index (κ2) is 7.32. The van der Waals surface area contributed by atoms with Crippen molar-refractivity contribution in [3.05, 3.63) is 15.7 Å². The van der Waals surface area contributed by atoms with Gasteiger partial charge in [-0.2, -0.15) is 0 Å². The van der Waals surface area contributed by atoms with E-state index in [2.05, 4.69) is 9.88 Å². The summed E-state index contributed by atoms with van der Waals surface area (Å²) < 4.78 is 11.6. The zero-order chi connectivity index (χ0) is 21.0. The Bertz CT molecular complexity index is 907. The smallest absolute Gasteiger partial charge is 0.407 e. The molecule has 0 aliphatic carbocycles. The molecule has 0 saturated carbocycles. The lowest BCUT2D eigenvalue weighted by molar-refractivity contribution is 0.0390. The third-order valence-electron chi connectivity index (χ3n) is 6.61. The highest BCUT2D eigenvalue weighted by molar-refractivity contribution is 6.42. The Kier molecular flexibility index (Phi) is 4.87. The number of nitrogens with zero attached hydrogens (tertiary/aromatic N) is 4. The summed E-state index contributed by atoms with van der Waals surface area (Å²) in [5.41, 5.74) is 0.386. The molecule has 1 aromatic rings. The van der Waals surface area contributed by atoms with E-state index in [0.717, 1.165) is 32.5 Å². The van der Waals surface area contributed by atoms with Crippen molar-refractivity contribution in [2.24, 2.45) is 5.41 Å². The van der Waals surface area contributed by atoms with Gasteiger partial charge in [-0.15, -0.1) is 0 Å². The molecular formula is C19H22Cl2N4O5. The molecule has 1 N–H and O–H groups in total. The third kappa shape index (κ3) is 3.14.